The van der Waals surface area contributed by atoms with E-state index in [0.717, 1.165) is 27.5 Å². The van der Waals surface area contributed by atoms with E-state index in [1.807, 2.05) is 12.1 Å². The number of hydrogen-bond donors (Lipinski definition) is 0. The van der Waals surface area contributed by atoms with Crippen molar-refractivity contribution in [3.8, 4) is 33.4 Å². The fourth-order valence-electron chi connectivity index (χ4n) is 7.18. The lowest BCUT2D eigenvalue weighted by Crippen LogP contribution is -2.04. The summed E-state index contributed by atoms with van der Waals surface area (Å²) in [5.41, 5.74) is 12.9. The maximum Gasteiger partial charge on any atom is 0.136 e. The molecule has 0 N–H and O–H groups in total. The van der Waals surface area contributed by atoms with Gasteiger partial charge in [0.15, 0.2) is 0 Å². The van der Waals surface area contributed by atoms with E-state index in [4.69, 9.17) is 4.42 Å². The van der Waals surface area contributed by atoms with Crippen LogP contribution in [-0.4, -0.2) is 0 Å². The largest absolute Gasteiger partial charge is 0.456 e. The lowest BCUT2D eigenvalue weighted by molar-refractivity contribution is 0.669. The Hall–Kier alpha value is -6.18. The van der Waals surface area contributed by atoms with Crippen molar-refractivity contribution in [2.75, 3.05) is 0 Å². The third kappa shape index (κ3) is 5.07. The van der Waals surface area contributed by atoms with E-state index in [1.165, 1.54) is 55.3 Å². The number of fused-ring (bicyclic) bond motifs is 4. The Morgan fingerprint density at radius 3 is 1.48 bits per heavy atom. The minimum Gasteiger partial charge on any atom is -0.456 e. The molecule has 9 aromatic rings. The Kier molecular flexibility index (Phi) is 6.95. The molecule has 1 aromatic heterocycles. The molecule has 0 bridgehead atoms. The highest BCUT2D eigenvalue weighted by atomic mass is 16.3. The second kappa shape index (κ2) is 11.9. The van der Waals surface area contributed by atoms with E-state index in [9.17, 15) is 0 Å². The molecule has 0 fully saturated rings. The fourth-order valence-corrected chi connectivity index (χ4v) is 7.18. The monoisotopic (exact) mass is 612 g/mol. The Bertz CT molecular complexity index is 2520. The zero-order valence-corrected chi connectivity index (χ0v) is 26.4. The van der Waals surface area contributed by atoms with Crippen LogP contribution >= 0.6 is 0 Å². The van der Waals surface area contributed by atoms with Crippen LogP contribution < -0.4 is 0 Å². The van der Waals surface area contributed by atoms with Crippen LogP contribution in [-0.2, 0) is 0 Å². The topological polar surface area (TPSA) is 13.1 Å². The van der Waals surface area contributed by atoms with Crippen LogP contribution in [0.2, 0.25) is 0 Å². The molecule has 0 spiro atoms. The van der Waals surface area contributed by atoms with Crippen molar-refractivity contribution < 1.29 is 4.42 Å². The van der Waals surface area contributed by atoms with Crippen LogP contribution in [0.3, 0.4) is 0 Å². The highest BCUT2D eigenvalue weighted by Crippen LogP contribution is 2.39. The van der Waals surface area contributed by atoms with Crippen molar-refractivity contribution in [3.63, 3.8) is 0 Å². The maximum atomic E-state index is 6.20. The number of furan rings is 1. The first-order chi connectivity index (χ1) is 23.8. The van der Waals surface area contributed by atoms with Gasteiger partial charge in [-0.1, -0.05) is 170 Å². The maximum absolute atomic E-state index is 6.20. The smallest absolute Gasteiger partial charge is 0.136 e. The summed E-state index contributed by atoms with van der Waals surface area (Å²) in [5, 5.41) is 4.84. The van der Waals surface area contributed by atoms with Gasteiger partial charge in [0, 0.05) is 16.7 Å². The molecule has 0 amide bonds. The SMILES string of the molecule is c1ccc(-c2ccc(-c3ccc(C(c4ccc(-c5ccc6c(c5)oc5ccccc56)cc4)c4cccc5ccccc45)cc3)cc2)cc1. The molecule has 8 aromatic carbocycles. The standard InChI is InChI=1S/C47H32O/c1-2-9-32(10-3-1)33-17-19-34(20-18-33)35-21-25-38(26-22-35)47(44-15-8-12-37-11-4-5-13-41(37)44)39-27-23-36(24-28-39)40-29-30-43-42-14-6-7-16-45(42)48-46(43)31-40/h1-31,47H. The first-order valence-corrected chi connectivity index (χ1v) is 16.5. The second-order valence-corrected chi connectivity index (χ2v) is 12.5. The Labute approximate surface area is 280 Å². The van der Waals surface area contributed by atoms with E-state index >= 15 is 0 Å². The highest BCUT2D eigenvalue weighted by Gasteiger charge is 2.20. The number of hydrogen-bond acceptors (Lipinski definition) is 1. The van der Waals surface area contributed by atoms with Crippen molar-refractivity contribution in [1.29, 1.82) is 0 Å². The molecule has 1 atom stereocenters. The van der Waals surface area contributed by atoms with E-state index in [0.29, 0.717) is 0 Å². The molecule has 0 saturated heterocycles. The van der Waals surface area contributed by atoms with Gasteiger partial charge in [-0.3, -0.25) is 0 Å². The van der Waals surface area contributed by atoms with Crippen molar-refractivity contribution in [1.82, 2.24) is 0 Å². The fraction of sp³-hybridized carbons (Fsp3) is 0.0213. The number of para-hydroxylation sites is 1. The summed E-state index contributed by atoms with van der Waals surface area (Å²) in [6.45, 7) is 0. The molecular weight excluding hydrogens is 581 g/mol. The first-order valence-electron chi connectivity index (χ1n) is 16.5. The molecule has 1 nitrogen and oxygen atoms in total. The minimum atomic E-state index is 0.0810. The van der Waals surface area contributed by atoms with Gasteiger partial charge >= 0.3 is 0 Å². The van der Waals surface area contributed by atoms with E-state index < -0.39 is 0 Å². The third-order valence-corrected chi connectivity index (χ3v) is 9.66. The summed E-state index contributed by atoms with van der Waals surface area (Å²) in [4.78, 5) is 0. The van der Waals surface area contributed by atoms with Gasteiger partial charge in [0.2, 0.25) is 0 Å². The lowest BCUT2D eigenvalue weighted by atomic mass is 9.82. The summed E-state index contributed by atoms with van der Waals surface area (Å²) in [5.74, 6) is 0.0810. The second-order valence-electron chi connectivity index (χ2n) is 12.5. The van der Waals surface area contributed by atoms with Gasteiger partial charge in [0.05, 0.1) is 0 Å². The molecule has 48 heavy (non-hydrogen) atoms. The van der Waals surface area contributed by atoms with Gasteiger partial charge in [0.1, 0.15) is 11.2 Å². The molecule has 0 aliphatic heterocycles. The summed E-state index contributed by atoms with van der Waals surface area (Å²) in [6, 6.07) is 67.8. The van der Waals surface area contributed by atoms with Crippen molar-refractivity contribution in [2.45, 2.75) is 5.92 Å². The molecule has 1 unspecified atom stereocenters. The number of rotatable bonds is 6. The molecule has 0 aliphatic rings. The Balaban J connectivity index is 1.08. The number of benzene rings is 8. The van der Waals surface area contributed by atoms with Crippen molar-refractivity contribution >= 4 is 32.7 Å². The van der Waals surface area contributed by atoms with Crippen LogP contribution in [0.5, 0.6) is 0 Å². The predicted molar refractivity (Wildman–Crippen MR) is 201 cm³/mol. The molecule has 0 aliphatic carbocycles. The quantitative estimate of drug-likeness (QED) is 0.170. The Morgan fingerprint density at radius 2 is 0.792 bits per heavy atom. The zero-order valence-electron chi connectivity index (χ0n) is 26.4. The lowest BCUT2D eigenvalue weighted by Gasteiger charge is -2.22. The summed E-state index contributed by atoms with van der Waals surface area (Å²) < 4.78 is 6.20. The molecule has 9 rings (SSSR count). The predicted octanol–water partition coefficient (Wildman–Crippen LogP) is 12.9. The van der Waals surface area contributed by atoms with Crippen LogP contribution in [0.15, 0.2) is 192 Å². The van der Waals surface area contributed by atoms with Gasteiger partial charge in [-0.05, 0) is 79.0 Å². The van der Waals surface area contributed by atoms with Crippen LogP contribution in [0, 0.1) is 0 Å². The first kappa shape index (κ1) is 28.1. The molecule has 226 valence electrons. The van der Waals surface area contributed by atoms with Gasteiger partial charge in [-0.15, -0.1) is 0 Å². The van der Waals surface area contributed by atoms with Gasteiger partial charge in [-0.25, -0.2) is 0 Å². The molecule has 1 heteroatoms. The normalized spacial score (nSPS) is 12.1. The molecule has 0 saturated carbocycles. The summed E-state index contributed by atoms with van der Waals surface area (Å²) >= 11 is 0. The minimum absolute atomic E-state index is 0.0810. The average molecular weight is 613 g/mol. The third-order valence-electron chi connectivity index (χ3n) is 9.66. The molecule has 0 radical (unpaired) electrons. The summed E-state index contributed by atoms with van der Waals surface area (Å²) in [6.07, 6.45) is 0. The van der Waals surface area contributed by atoms with Gasteiger partial charge in [0.25, 0.3) is 0 Å². The van der Waals surface area contributed by atoms with Crippen molar-refractivity contribution in [2.24, 2.45) is 0 Å². The van der Waals surface area contributed by atoms with Crippen molar-refractivity contribution in [3.05, 3.63) is 205 Å². The van der Waals surface area contributed by atoms with Crippen LogP contribution in [0.1, 0.15) is 22.6 Å². The van der Waals surface area contributed by atoms with Crippen LogP contribution in [0.25, 0.3) is 66.1 Å². The summed E-state index contributed by atoms with van der Waals surface area (Å²) in [7, 11) is 0. The molecular formula is C47H32O. The van der Waals surface area contributed by atoms with Crippen LogP contribution in [0.4, 0.5) is 0 Å². The zero-order chi connectivity index (χ0) is 31.9. The van der Waals surface area contributed by atoms with Gasteiger partial charge in [-0.2, -0.15) is 0 Å². The average Bonchev–Trinajstić information content (AvgIpc) is 3.54. The van der Waals surface area contributed by atoms with E-state index in [1.54, 1.807) is 0 Å². The highest BCUT2D eigenvalue weighted by molar-refractivity contribution is 6.05. The van der Waals surface area contributed by atoms with E-state index in [2.05, 4.69) is 176 Å². The van der Waals surface area contributed by atoms with Gasteiger partial charge < -0.3 is 4.42 Å². The molecule has 1 heterocycles. The Morgan fingerprint density at radius 1 is 0.312 bits per heavy atom. The van der Waals surface area contributed by atoms with E-state index in [-0.39, 0.29) is 5.92 Å².